The van der Waals surface area contributed by atoms with Crippen LogP contribution in [0.5, 0.6) is 5.75 Å². The van der Waals surface area contributed by atoms with E-state index in [1.807, 2.05) is 0 Å². The van der Waals surface area contributed by atoms with Crippen LogP contribution in [0.15, 0.2) is 12.1 Å². The number of nitrogens with one attached hydrogen (secondary N) is 1. The number of nitrogens with zero attached hydrogens (tertiary/aromatic N) is 1. The summed E-state index contributed by atoms with van der Waals surface area (Å²) < 4.78 is 0. The Morgan fingerprint density at radius 1 is 1.44 bits per heavy atom. The molecule has 1 fully saturated rings. The van der Waals surface area contributed by atoms with Crippen LogP contribution in [-0.4, -0.2) is 10.1 Å². The fourth-order valence-corrected chi connectivity index (χ4v) is 2.12. The highest BCUT2D eigenvalue weighted by molar-refractivity contribution is 5.99. The topological polar surface area (TPSA) is 85.8 Å². The van der Waals surface area contributed by atoms with Crippen molar-refractivity contribution < 1.29 is 5.11 Å². The number of fused-ring (bicyclic) bond motifs is 1. The molecule has 4 nitrogen and oxygen atoms in total. The third-order valence-corrected chi connectivity index (χ3v) is 3.11. The zero-order valence-corrected chi connectivity index (χ0v) is 8.62. The average molecular weight is 213 g/mol. The molecule has 0 atom stereocenters. The first-order chi connectivity index (χ1) is 7.72. The monoisotopic (exact) mass is 213 g/mol. The highest BCUT2D eigenvalue weighted by Gasteiger charge is 2.29. The quantitative estimate of drug-likeness (QED) is 0.501. The van der Waals surface area contributed by atoms with E-state index in [2.05, 4.69) is 11.1 Å². The van der Waals surface area contributed by atoms with Crippen LogP contribution in [0.3, 0.4) is 0 Å². The number of nitrogen functional groups attached to an aromatic ring is 1. The summed E-state index contributed by atoms with van der Waals surface area (Å²) in [6.07, 6.45) is 2.24. The first-order valence-electron chi connectivity index (χ1n) is 5.25. The summed E-state index contributed by atoms with van der Waals surface area (Å²) in [5, 5.41) is 19.4. The average Bonchev–Trinajstić information content (AvgIpc) is 3.05. The van der Waals surface area contributed by atoms with Crippen molar-refractivity contribution in [2.24, 2.45) is 0 Å². The van der Waals surface area contributed by atoms with Gasteiger partial charge in [0.1, 0.15) is 11.8 Å². The number of aromatic amines is 1. The molecular formula is C12H11N3O. The van der Waals surface area contributed by atoms with E-state index < -0.39 is 0 Å². The van der Waals surface area contributed by atoms with E-state index in [-0.39, 0.29) is 11.4 Å². The van der Waals surface area contributed by atoms with Crippen molar-refractivity contribution in [3.8, 4) is 11.8 Å². The van der Waals surface area contributed by atoms with E-state index in [0.29, 0.717) is 16.9 Å². The van der Waals surface area contributed by atoms with E-state index in [1.54, 1.807) is 12.1 Å². The number of hydrogen-bond donors (Lipinski definition) is 3. The Morgan fingerprint density at radius 3 is 2.81 bits per heavy atom. The number of aromatic hydroxyl groups is 1. The Bertz CT molecular complexity index is 617. The Balaban J connectivity index is 2.40. The van der Waals surface area contributed by atoms with Crippen molar-refractivity contribution in [3.05, 3.63) is 23.4 Å². The van der Waals surface area contributed by atoms with Gasteiger partial charge in [0.05, 0.1) is 11.3 Å². The largest absolute Gasteiger partial charge is 0.506 e. The lowest BCUT2D eigenvalue weighted by atomic mass is 10.1. The van der Waals surface area contributed by atoms with Crippen LogP contribution in [0.1, 0.15) is 30.0 Å². The fraction of sp³-hybridized carbons (Fsp3) is 0.250. The van der Waals surface area contributed by atoms with Gasteiger partial charge in [0, 0.05) is 22.5 Å². The summed E-state index contributed by atoms with van der Waals surface area (Å²) in [5.74, 6) is 0.494. The van der Waals surface area contributed by atoms with Crippen LogP contribution >= 0.6 is 0 Å². The number of hydrogen-bond acceptors (Lipinski definition) is 3. The van der Waals surface area contributed by atoms with Crippen molar-refractivity contribution in [2.45, 2.75) is 18.8 Å². The Morgan fingerprint density at radius 2 is 2.19 bits per heavy atom. The van der Waals surface area contributed by atoms with Crippen molar-refractivity contribution in [2.75, 3.05) is 5.73 Å². The first-order valence-corrected chi connectivity index (χ1v) is 5.25. The lowest BCUT2D eigenvalue weighted by Crippen LogP contribution is -1.88. The van der Waals surface area contributed by atoms with E-state index >= 15 is 0 Å². The fourth-order valence-electron chi connectivity index (χ4n) is 2.12. The molecule has 0 saturated heterocycles. The van der Waals surface area contributed by atoms with E-state index in [4.69, 9.17) is 5.73 Å². The predicted molar refractivity (Wildman–Crippen MR) is 61.1 cm³/mol. The molecule has 0 radical (unpaired) electrons. The summed E-state index contributed by atoms with van der Waals surface area (Å²) in [6, 6.07) is 5.49. The maximum absolute atomic E-state index is 9.55. The number of phenolic OH excluding ortho intramolecular Hbond substituents is 1. The molecule has 0 unspecified atom stereocenters. The second-order valence-electron chi connectivity index (χ2n) is 4.22. The molecule has 80 valence electrons. The second-order valence-corrected chi connectivity index (χ2v) is 4.22. The molecule has 0 bridgehead atoms. The van der Waals surface area contributed by atoms with Crippen molar-refractivity contribution in [1.29, 1.82) is 5.26 Å². The number of rotatable bonds is 1. The van der Waals surface area contributed by atoms with Crippen LogP contribution in [0.25, 0.3) is 10.9 Å². The maximum Gasteiger partial charge on any atom is 0.139 e. The van der Waals surface area contributed by atoms with Gasteiger partial charge in [-0.05, 0) is 25.0 Å². The lowest BCUT2D eigenvalue weighted by molar-refractivity contribution is 0.478. The molecular weight excluding hydrogens is 202 g/mol. The van der Waals surface area contributed by atoms with Crippen molar-refractivity contribution in [3.63, 3.8) is 0 Å². The number of nitrogens with two attached hydrogens (primary N) is 1. The van der Waals surface area contributed by atoms with Crippen LogP contribution in [-0.2, 0) is 0 Å². The molecule has 1 aromatic heterocycles. The van der Waals surface area contributed by atoms with Gasteiger partial charge in [0.15, 0.2) is 0 Å². The molecule has 0 aliphatic heterocycles. The SMILES string of the molecule is N#Cc1c(C2CC2)[nH]c2ccc(O)c(N)c12. The molecule has 4 N–H and O–H groups in total. The minimum atomic E-state index is 0.0327. The third kappa shape index (κ3) is 1.09. The number of H-pyrrole nitrogens is 1. The van der Waals surface area contributed by atoms with Gasteiger partial charge in [-0.2, -0.15) is 5.26 Å². The predicted octanol–water partition coefficient (Wildman–Crippen LogP) is 2.20. The molecule has 0 amide bonds. The van der Waals surface area contributed by atoms with Gasteiger partial charge >= 0.3 is 0 Å². The standard InChI is InChI=1S/C12H11N3O/c13-5-7-10-8(3-4-9(16)11(10)14)15-12(7)6-1-2-6/h3-4,6,15-16H,1-2,14H2. The zero-order chi connectivity index (χ0) is 11.3. The van der Waals surface area contributed by atoms with E-state index in [1.165, 1.54) is 0 Å². The Kier molecular flexibility index (Phi) is 1.66. The van der Waals surface area contributed by atoms with Gasteiger partial charge < -0.3 is 15.8 Å². The Hall–Kier alpha value is -2.15. The first kappa shape index (κ1) is 9.10. The smallest absolute Gasteiger partial charge is 0.139 e. The van der Waals surface area contributed by atoms with Gasteiger partial charge in [0.2, 0.25) is 0 Å². The van der Waals surface area contributed by atoms with E-state index in [9.17, 15) is 10.4 Å². The number of nitriles is 1. The minimum Gasteiger partial charge on any atom is -0.506 e. The van der Waals surface area contributed by atoms with Crippen LogP contribution in [0, 0.1) is 11.3 Å². The normalized spacial score (nSPS) is 15.2. The molecule has 0 spiro atoms. The van der Waals surface area contributed by atoms with Crippen LogP contribution in [0.2, 0.25) is 0 Å². The van der Waals surface area contributed by atoms with Gasteiger partial charge in [0.25, 0.3) is 0 Å². The van der Waals surface area contributed by atoms with Crippen LogP contribution in [0.4, 0.5) is 5.69 Å². The number of aromatic nitrogens is 1. The third-order valence-electron chi connectivity index (χ3n) is 3.11. The van der Waals surface area contributed by atoms with Gasteiger partial charge in [-0.3, -0.25) is 0 Å². The van der Waals surface area contributed by atoms with Crippen LogP contribution < -0.4 is 5.73 Å². The summed E-state index contributed by atoms with van der Waals surface area (Å²) in [6.45, 7) is 0. The minimum absolute atomic E-state index is 0.0327. The van der Waals surface area contributed by atoms with E-state index in [0.717, 1.165) is 24.1 Å². The highest BCUT2D eigenvalue weighted by Crippen LogP contribution is 2.44. The number of phenols is 1. The maximum atomic E-state index is 9.55. The summed E-state index contributed by atoms with van der Waals surface area (Å²) >= 11 is 0. The molecule has 4 heteroatoms. The summed E-state index contributed by atoms with van der Waals surface area (Å²) in [4.78, 5) is 3.23. The molecule has 2 aromatic rings. The molecule has 16 heavy (non-hydrogen) atoms. The van der Waals surface area contributed by atoms with Gasteiger partial charge in [-0.1, -0.05) is 0 Å². The molecule has 1 aliphatic carbocycles. The number of benzene rings is 1. The summed E-state index contributed by atoms with van der Waals surface area (Å²) in [7, 11) is 0. The highest BCUT2D eigenvalue weighted by atomic mass is 16.3. The second kappa shape index (κ2) is 2.92. The van der Waals surface area contributed by atoms with Crippen molar-refractivity contribution in [1.82, 2.24) is 4.98 Å². The Labute approximate surface area is 92.3 Å². The zero-order valence-electron chi connectivity index (χ0n) is 8.62. The van der Waals surface area contributed by atoms with Crippen molar-refractivity contribution >= 4 is 16.6 Å². The number of anilines is 1. The van der Waals surface area contributed by atoms with Gasteiger partial charge in [-0.15, -0.1) is 0 Å². The lowest BCUT2D eigenvalue weighted by Gasteiger charge is -1.99. The molecule has 1 heterocycles. The molecule has 1 saturated carbocycles. The molecule has 1 aliphatic rings. The summed E-state index contributed by atoms with van der Waals surface area (Å²) in [5.41, 5.74) is 8.48. The molecule has 3 rings (SSSR count). The van der Waals surface area contributed by atoms with Gasteiger partial charge in [-0.25, -0.2) is 0 Å². The molecule has 1 aromatic carbocycles.